The van der Waals surface area contributed by atoms with Gasteiger partial charge in [0.15, 0.2) is 0 Å². The summed E-state index contributed by atoms with van der Waals surface area (Å²) in [6.45, 7) is 1.77. The summed E-state index contributed by atoms with van der Waals surface area (Å²) in [5, 5.41) is 0. The molecule has 6 nitrogen and oxygen atoms in total. The van der Waals surface area contributed by atoms with Gasteiger partial charge in [-0.05, 0) is 30.3 Å². The van der Waals surface area contributed by atoms with Crippen LogP contribution in [0.15, 0.2) is 53.3 Å². The van der Waals surface area contributed by atoms with E-state index in [1.807, 2.05) is 41.3 Å². The van der Waals surface area contributed by atoms with E-state index in [1.54, 1.807) is 17.3 Å². The highest BCUT2D eigenvalue weighted by molar-refractivity contribution is 9.10. The van der Waals surface area contributed by atoms with Gasteiger partial charge in [0.2, 0.25) is 11.8 Å². The summed E-state index contributed by atoms with van der Waals surface area (Å²) in [6, 6.07) is 11.3. The monoisotopic (exact) mass is 443 g/mol. The van der Waals surface area contributed by atoms with Crippen LogP contribution in [-0.2, 0) is 9.59 Å². The molecule has 28 heavy (non-hydrogen) atoms. The summed E-state index contributed by atoms with van der Waals surface area (Å²) >= 11 is 3.44. The number of hydrogen-bond donors (Lipinski definition) is 0. The molecule has 0 spiro atoms. The number of likely N-dealkylation sites (tertiary alicyclic amines) is 1. The van der Waals surface area contributed by atoms with Crippen molar-refractivity contribution < 1.29 is 14.3 Å². The molecule has 7 heteroatoms. The van der Waals surface area contributed by atoms with Gasteiger partial charge in [-0.25, -0.2) is 0 Å². The first-order valence-electron chi connectivity index (χ1n) is 9.51. The van der Waals surface area contributed by atoms with Crippen LogP contribution in [-0.4, -0.2) is 47.4 Å². The molecule has 2 aliphatic heterocycles. The number of aromatic nitrogens is 1. The van der Waals surface area contributed by atoms with Crippen molar-refractivity contribution >= 4 is 33.4 Å². The maximum absolute atomic E-state index is 12.9. The van der Waals surface area contributed by atoms with Crippen LogP contribution in [0, 0.1) is 5.92 Å². The van der Waals surface area contributed by atoms with Crippen LogP contribution < -0.4 is 9.64 Å². The average molecular weight is 444 g/mol. The molecule has 2 aromatic rings. The molecular formula is C21H22BrN3O3. The van der Waals surface area contributed by atoms with E-state index in [-0.39, 0.29) is 30.3 Å². The van der Waals surface area contributed by atoms with Crippen molar-refractivity contribution in [3.05, 3.63) is 53.3 Å². The minimum atomic E-state index is -0.274. The van der Waals surface area contributed by atoms with Crippen LogP contribution in [0.2, 0.25) is 0 Å². The Balaban J connectivity index is 1.32. The number of carbonyl (C=O) groups excluding carboxylic acids is 2. The van der Waals surface area contributed by atoms with E-state index < -0.39 is 0 Å². The Kier molecular flexibility index (Phi) is 5.62. The zero-order chi connectivity index (χ0) is 19.5. The van der Waals surface area contributed by atoms with Gasteiger partial charge in [-0.3, -0.25) is 14.6 Å². The molecular weight excluding hydrogens is 422 g/mol. The molecule has 146 valence electrons. The maximum atomic E-state index is 12.9. The lowest BCUT2D eigenvalue weighted by molar-refractivity contribution is -0.137. The zero-order valence-corrected chi connectivity index (χ0v) is 17.0. The third-order valence-corrected chi connectivity index (χ3v) is 5.79. The van der Waals surface area contributed by atoms with E-state index in [0.717, 1.165) is 28.8 Å². The van der Waals surface area contributed by atoms with E-state index in [4.69, 9.17) is 4.74 Å². The minimum absolute atomic E-state index is 0.00681. The largest absolute Gasteiger partial charge is 0.490 e. The summed E-state index contributed by atoms with van der Waals surface area (Å²) in [5.74, 6) is 0.621. The topological polar surface area (TPSA) is 62.7 Å². The fourth-order valence-electron chi connectivity index (χ4n) is 3.83. The number of amides is 2. The van der Waals surface area contributed by atoms with E-state index in [1.165, 1.54) is 0 Å². The van der Waals surface area contributed by atoms with E-state index >= 15 is 0 Å². The van der Waals surface area contributed by atoms with E-state index in [0.29, 0.717) is 19.6 Å². The summed E-state index contributed by atoms with van der Waals surface area (Å²) < 4.78 is 6.89. The molecule has 3 heterocycles. The van der Waals surface area contributed by atoms with Crippen molar-refractivity contribution in [1.29, 1.82) is 0 Å². The number of benzene rings is 1. The molecule has 4 rings (SSSR count). The van der Waals surface area contributed by atoms with E-state index in [2.05, 4.69) is 20.9 Å². The molecule has 2 aliphatic rings. The molecule has 0 bridgehead atoms. The smallest absolute Gasteiger partial charge is 0.228 e. The Morgan fingerprint density at radius 3 is 2.61 bits per heavy atom. The van der Waals surface area contributed by atoms with Gasteiger partial charge >= 0.3 is 0 Å². The number of hydrogen-bond acceptors (Lipinski definition) is 4. The second kappa shape index (κ2) is 8.31. The molecule has 0 aliphatic carbocycles. The van der Waals surface area contributed by atoms with Gasteiger partial charge in [0, 0.05) is 61.5 Å². The SMILES string of the molecule is O=C([C@H]1CC(=O)N(c2cccc(Br)c2)C1)N1CCC(Oc2ccncc2)CC1. The van der Waals surface area contributed by atoms with E-state index in [9.17, 15) is 9.59 Å². The second-order valence-corrected chi connectivity index (χ2v) is 8.13. The van der Waals surface area contributed by atoms with Crippen LogP contribution in [0.1, 0.15) is 19.3 Å². The molecule has 1 aromatic heterocycles. The Labute approximate surface area is 172 Å². The van der Waals surface area contributed by atoms with Crippen molar-refractivity contribution in [1.82, 2.24) is 9.88 Å². The molecule has 0 unspecified atom stereocenters. The Hall–Kier alpha value is -2.41. The van der Waals surface area contributed by atoms with Gasteiger partial charge in [-0.1, -0.05) is 22.0 Å². The molecule has 2 amide bonds. The Morgan fingerprint density at radius 2 is 1.89 bits per heavy atom. The van der Waals surface area contributed by atoms with Crippen molar-refractivity contribution in [3.8, 4) is 5.75 Å². The fraction of sp³-hybridized carbons (Fsp3) is 0.381. The van der Waals surface area contributed by atoms with Gasteiger partial charge in [-0.15, -0.1) is 0 Å². The summed E-state index contributed by atoms with van der Waals surface area (Å²) in [7, 11) is 0. The summed E-state index contributed by atoms with van der Waals surface area (Å²) in [4.78, 5) is 33.0. The van der Waals surface area contributed by atoms with Gasteiger partial charge in [0.25, 0.3) is 0 Å². The predicted octanol–water partition coefficient (Wildman–Crippen LogP) is 3.27. The van der Waals surface area contributed by atoms with Crippen LogP contribution in [0.5, 0.6) is 5.75 Å². The van der Waals surface area contributed by atoms with Crippen molar-refractivity contribution in [3.63, 3.8) is 0 Å². The zero-order valence-electron chi connectivity index (χ0n) is 15.5. The van der Waals surface area contributed by atoms with Crippen molar-refractivity contribution in [2.45, 2.75) is 25.4 Å². The number of pyridine rings is 1. The Morgan fingerprint density at radius 1 is 1.14 bits per heavy atom. The molecule has 1 atom stereocenters. The van der Waals surface area contributed by atoms with Crippen molar-refractivity contribution in [2.75, 3.05) is 24.5 Å². The first-order chi connectivity index (χ1) is 13.6. The lowest BCUT2D eigenvalue weighted by Crippen LogP contribution is -2.44. The highest BCUT2D eigenvalue weighted by Crippen LogP contribution is 2.29. The number of ether oxygens (including phenoxy) is 1. The second-order valence-electron chi connectivity index (χ2n) is 7.21. The molecule has 0 saturated carbocycles. The fourth-order valence-corrected chi connectivity index (χ4v) is 4.22. The number of rotatable bonds is 4. The maximum Gasteiger partial charge on any atom is 0.228 e. The van der Waals surface area contributed by atoms with Gasteiger partial charge < -0.3 is 14.5 Å². The van der Waals surface area contributed by atoms with Crippen LogP contribution in [0.4, 0.5) is 5.69 Å². The van der Waals surface area contributed by atoms with Crippen LogP contribution in [0.3, 0.4) is 0 Å². The number of piperidine rings is 1. The molecule has 1 aromatic carbocycles. The third-order valence-electron chi connectivity index (χ3n) is 5.30. The highest BCUT2D eigenvalue weighted by atomic mass is 79.9. The lowest BCUT2D eigenvalue weighted by Gasteiger charge is -2.33. The standard InChI is InChI=1S/C21H22BrN3O3/c22-16-2-1-3-17(13-16)25-14-15(12-20(25)26)21(27)24-10-6-19(7-11-24)28-18-4-8-23-9-5-18/h1-5,8-9,13,15,19H,6-7,10-12,14H2/t15-/m0/s1. The summed E-state index contributed by atoms with van der Waals surface area (Å²) in [6.07, 6.45) is 5.40. The average Bonchev–Trinajstić information content (AvgIpc) is 3.10. The van der Waals surface area contributed by atoms with Crippen molar-refractivity contribution in [2.24, 2.45) is 5.92 Å². The number of anilines is 1. The minimum Gasteiger partial charge on any atom is -0.490 e. The number of nitrogens with zero attached hydrogens (tertiary/aromatic N) is 3. The molecule has 2 fully saturated rings. The van der Waals surface area contributed by atoms with Crippen LogP contribution >= 0.6 is 15.9 Å². The third kappa shape index (κ3) is 4.19. The quantitative estimate of drug-likeness (QED) is 0.727. The first kappa shape index (κ1) is 18.9. The van der Waals surface area contributed by atoms with Gasteiger partial charge in [0.1, 0.15) is 11.9 Å². The van der Waals surface area contributed by atoms with Gasteiger partial charge in [-0.2, -0.15) is 0 Å². The normalized spacial score (nSPS) is 20.5. The number of halogens is 1. The van der Waals surface area contributed by atoms with Gasteiger partial charge in [0.05, 0.1) is 5.92 Å². The first-order valence-corrected chi connectivity index (χ1v) is 10.3. The number of carbonyl (C=O) groups is 2. The Bertz CT molecular complexity index is 853. The molecule has 2 saturated heterocycles. The summed E-state index contributed by atoms with van der Waals surface area (Å²) in [5.41, 5.74) is 0.833. The molecule has 0 radical (unpaired) electrons. The lowest BCUT2D eigenvalue weighted by atomic mass is 10.0. The van der Waals surface area contributed by atoms with Crippen LogP contribution in [0.25, 0.3) is 0 Å². The highest BCUT2D eigenvalue weighted by Gasteiger charge is 2.38. The predicted molar refractivity (Wildman–Crippen MR) is 109 cm³/mol. The molecule has 0 N–H and O–H groups in total.